The number of halogens is 1. The molecule has 29 heavy (non-hydrogen) atoms. The third-order valence-electron chi connectivity index (χ3n) is 4.47. The number of aromatic nitrogens is 1. The van der Waals surface area contributed by atoms with Gasteiger partial charge >= 0.3 is 0 Å². The summed E-state index contributed by atoms with van der Waals surface area (Å²) >= 11 is 9.45. The van der Waals surface area contributed by atoms with Crippen molar-refractivity contribution in [3.05, 3.63) is 47.0 Å². The first-order chi connectivity index (χ1) is 13.9. The van der Waals surface area contributed by atoms with Crippen molar-refractivity contribution >= 4 is 56.0 Å². The summed E-state index contributed by atoms with van der Waals surface area (Å²) in [4.78, 5) is 23.0. The second kappa shape index (κ2) is 9.80. The number of rotatable bonds is 8. The fourth-order valence-electron chi connectivity index (χ4n) is 2.94. The first kappa shape index (κ1) is 21.9. The number of thiazole rings is 1. The lowest BCUT2D eigenvalue weighted by Gasteiger charge is -2.21. The monoisotopic (exact) mass is 449 g/mol. The molecule has 0 saturated carbocycles. The largest absolute Gasteiger partial charge is 0.494 e. The van der Waals surface area contributed by atoms with Gasteiger partial charge < -0.3 is 9.64 Å². The zero-order valence-electron chi connectivity index (χ0n) is 16.9. The van der Waals surface area contributed by atoms with Crippen molar-refractivity contribution in [1.82, 2.24) is 9.88 Å². The summed E-state index contributed by atoms with van der Waals surface area (Å²) in [6.45, 7) is 1.45. The maximum atomic E-state index is 13.3. The van der Waals surface area contributed by atoms with E-state index in [-0.39, 0.29) is 5.91 Å². The van der Waals surface area contributed by atoms with E-state index in [1.165, 1.54) is 11.3 Å². The Balaban J connectivity index is 1.99. The second-order valence-corrected chi connectivity index (χ2v) is 9.03. The molecule has 0 bridgehead atoms. The summed E-state index contributed by atoms with van der Waals surface area (Å²) in [6, 6.07) is 11.3. The molecule has 2 aromatic carbocycles. The molecule has 3 aromatic rings. The number of ether oxygens (including phenoxy) is 1. The van der Waals surface area contributed by atoms with Gasteiger partial charge in [-0.15, -0.1) is 11.8 Å². The quantitative estimate of drug-likeness (QED) is 0.438. The van der Waals surface area contributed by atoms with Crippen molar-refractivity contribution < 1.29 is 9.53 Å². The van der Waals surface area contributed by atoms with Crippen molar-refractivity contribution in [3.63, 3.8) is 0 Å². The smallest absolute Gasteiger partial charge is 0.260 e. The average Bonchev–Trinajstić information content (AvgIpc) is 3.17. The first-order valence-corrected chi connectivity index (χ1v) is 11.6. The van der Waals surface area contributed by atoms with E-state index in [4.69, 9.17) is 21.3 Å². The lowest BCUT2D eigenvalue weighted by Crippen LogP contribution is -2.33. The normalized spacial score (nSPS) is 11.2. The summed E-state index contributed by atoms with van der Waals surface area (Å²) in [5, 5.41) is 1.23. The Hall–Kier alpha value is -1.80. The van der Waals surface area contributed by atoms with Gasteiger partial charge in [-0.1, -0.05) is 22.9 Å². The molecule has 0 radical (unpaired) electrons. The molecule has 8 heteroatoms. The van der Waals surface area contributed by atoms with E-state index in [2.05, 4.69) is 4.90 Å². The molecule has 0 atom stereocenters. The molecule has 5 nitrogen and oxygen atoms in total. The number of hydrogen-bond acceptors (Lipinski definition) is 6. The van der Waals surface area contributed by atoms with Crippen molar-refractivity contribution in [2.75, 3.05) is 45.5 Å². The molecule has 0 aliphatic heterocycles. The predicted molar refractivity (Wildman–Crippen MR) is 124 cm³/mol. The van der Waals surface area contributed by atoms with E-state index >= 15 is 0 Å². The van der Waals surface area contributed by atoms with E-state index < -0.39 is 0 Å². The van der Waals surface area contributed by atoms with Crippen LogP contribution in [-0.4, -0.2) is 56.3 Å². The Morgan fingerprint density at radius 2 is 1.90 bits per heavy atom. The minimum Gasteiger partial charge on any atom is -0.494 e. The molecule has 0 saturated heterocycles. The molecule has 0 N–H and O–H groups in total. The third-order valence-corrected chi connectivity index (χ3v) is 6.75. The molecule has 0 aliphatic rings. The number of thioether (sulfide) groups is 1. The average molecular weight is 450 g/mol. The van der Waals surface area contributed by atoms with Gasteiger partial charge in [-0.25, -0.2) is 4.98 Å². The Labute approximate surface area is 184 Å². The van der Waals surface area contributed by atoms with Gasteiger partial charge in [0.25, 0.3) is 5.91 Å². The Morgan fingerprint density at radius 3 is 2.52 bits per heavy atom. The van der Waals surface area contributed by atoms with E-state index in [1.54, 1.807) is 35.9 Å². The fourth-order valence-corrected chi connectivity index (χ4v) is 4.63. The van der Waals surface area contributed by atoms with Crippen LogP contribution in [-0.2, 0) is 0 Å². The van der Waals surface area contributed by atoms with Gasteiger partial charge in [-0.05, 0) is 69.7 Å². The zero-order chi connectivity index (χ0) is 21.0. The van der Waals surface area contributed by atoms with Crippen LogP contribution in [0, 0.1) is 0 Å². The summed E-state index contributed by atoms with van der Waals surface area (Å²) in [7, 11) is 5.65. The molecule has 0 unspecified atom stereocenters. The number of carbonyl (C=O) groups excluding carboxylic acids is 1. The van der Waals surface area contributed by atoms with Crippen molar-refractivity contribution in [1.29, 1.82) is 0 Å². The van der Waals surface area contributed by atoms with Gasteiger partial charge in [0, 0.05) is 17.0 Å². The standard InChI is InChI=1S/C21H24ClN3O2S2/c1-24(2)12-5-13-25(20(26)14-6-8-15(28-4)9-7-14)21-23-18-17(27-3)11-10-16(22)19(18)29-21/h6-11H,5,12-13H2,1-4H3. The molecule has 154 valence electrons. The Morgan fingerprint density at radius 1 is 1.17 bits per heavy atom. The van der Waals surface area contributed by atoms with Crippen LogP contribution in [0.25, 0.3) is 10.2 Å². The van der Waals surface area contributed by atoms with Crippen LogP contribution in [0.3, 0.4) is 0 Å². The van der Waals surface area contributed by atoms with E-state index in [9.17, 15) is 4.79 Å². The molecular weight excluding hydrogens is 426 g/mol. The van der Waals surface area contributed by atoms with Crippen LogP contribution >= 0.6 is 34.7 Å². The van der Waals surface area contributed by atoms with Crippen LogP contribution in [0.4, 0.5) is 5.13 Å². The fraction of sp³-hybridized carbons (Fsp3) is 0.333. The van der Waals surface area contributed by atoms with Gasteiger partial charge in [0.1, 0.15) is 11.3 Å². The number of methoxy groups -OCH3 is 1. The SMILES string of the molecule is COc1ccc(Cl)c2sc(N(CCCN(C)C)C(=O)c3ccc(SC)cc3)nc12. The van der Waals surface area contributed by atoms with Crippen molar-refractivity contribution in [2.45, 2.75) is 11.3 Å². The van der Waals surface area contributed by atoms with Crippen molar-refractivity contribution in [2.24, 2.45) is 0 Å². The molecule has 1 amide bonds. The third kappa shape index (κ3) is 5.04. The molecule has 0 fully saturated rings. The lowest BCUT2D eigenvalue weighted by atomic mass is 10.2. The van der Waals surface area contributed by atoms with Gasteiger partial charge in [-0.3, -0.25) is 9.69 Å². The van der Waals surface area contributed by atoms with Gasteiger partial charge in [0.05, 0.1) is 16.8 Å². The van der Waals surface area contributed by atoms with Crippen LogP contribution in [0.15, 0.2) is 41.3 Å². The maximum Gasteiger partial charge on any atom is 0.260 e. The molecule has 0 spiro atoms. The van der Waals surface area contributed by atoms with Crippen LogP contribution < -0.4 is 9.64 Å². The van der Waals surface area contributed by atoms with Gasteiger partial charge in [0.15, 0.2) is 5.13 Å². The van der Waals surface area contributed by atoms with Gasteiger partial charge in [0.2, 0.25) is 0 Å². The minimum atomic E-state index is -0.0643. The maximum absolute atomic E-state index is 13.3. The molecule has 0 aliphatic carbocycles. The highest BCUT2D eigenvalue weighted by Gasteiger charge is 2.23. The van der Waals surface area contributed by atoms with Gasteiger partial charge in [-0.2, -0.15) is 0 Å². The summed E-state index contributed by atoms with van der Waals surface area (Å²) in [5.41, 5.74) is 1.33. The summed E-state index contributed by atoms with van der Waals surface area (Å²) < 4.78 is 6.26. The zero-order valence-corrected chi connectivity index (χ0v) is 19.3. The summed E-state index contributed by atoms with van der Waals surface area (Å²) in [6.07, 6.45) is 2.85. The number of amides is 1. The Bertz CT molecular complexity index is 990. The number of fused-ring (bicyclic) bond motifs is 1. The first-order valence-electron chi connectivity index (χ1n) is 9.18. The van der Waals surface area contributed by atoms with E-state index in [0.717, 1.165) is 22.6 Å². The number of anilines is 1. The number of hydrogen-bond donors (Lipinski definition) is 0. The predicted octanol–water partition coefficient (Wildman–Crippen LogP) is 5.28. The highest BCUT2D eigenvalue weighted by atomic mass is 35.5. The molecule has 3 rings (SSSR count). The minimum absolute atomic E-state index is 0.0643. The topological polar surface area (TPSA) is 45.7 Å². The number of nitrogens with zero attached hydrogens (tertiary/aromatic N) is 3. The van der Waals surface area contributed by atoms with Crippen LogP contribution in [0.1, 0.15) is 16.8 Å². The van der Waals surface area contributed by atoms with Crippen LogP contribution in [0.2, 0.25) is 5.02 Å². The number of benzene rings is 2. The molecule has 1 aromatic heterocycles. The molecular formula is C21H24ClN3O2S2. The van der Waals surface area contributed by atoms with Crippen molar-refractivity contribution in [3.8, 4) is 5.75 Å². The van der Waals surface area contributed by atoms with E-state index in [1.807, 2.05) is 44.6 Å². The molecule has 1 heterocycles. The highest BCUT2D eigenvalue weighted by Crippen LogP contribution is 2.39. The lowest BCUT2D eigenvalue weighted by molar-refractivity contribution is 0.0986. The highest BCUT2D eigenvalue weighted by molar-refractivity contribution is 7.98. The summed E-state index contributed by atoms with van der Waals surface area (Å²) in [5.74, 6) is 0.586. The number of carbonyl (C=O) groups is 1. The Kier molecular flexibility index (Phi) is 7.40. The van der Waals surface area contributed by atoms with Crippen LogP contribution in [0.5, 0.6) is 5.75 Å². The van der Waals surface area contributed by atoms with E-state index in [0.29, 0.717) is 33.5 Å². The second-order valence-electron chi connectivity index (χ2n) is 6.77.